The molecule has 1 fully saturated rings. The second-order valence-corrected chi connectivity index (χ2v) is 17.8. The highest BCUT2D eigenvalue weighted by atomic mass is 16.7. The van der Waals surface area contributed by atoms with Crippen LogP contribution in [0, 0.1) is 30.6 Å². The van der Waals surface area contributed by atoms with E-state index in [-0.39, 0.29) is 55.4 Å². The molecule has 2 aromatic rings. The summed E-state index contributed by atoms with van der Waals surface area (Å²) in [6, 6.07) is 0.402. The van der Waals surface area contributed by atoms with Crippen LogP contribution in [0.15, 0.2) is 46.1 Å². The number of ketones is 1. The van der Waals surface area contributed by atoms with Gasteiger partial charge in [-0.2, -0.15) is 0 Å². The number of likely N-dealkylation sites (tertiary alicyclic amines) is 1. The average molecular weight is 861 g/mol. The Balaban J connectivity index is 1.54. The van der Waals surface area contributed by atoms with Crippen molar-refractivity contribution in [2.45, 2.75) is 137 Å². The molecule has 4 aliphatic rings. The van der Waals surface area contributed by atoms with Crippen LogP contribution >= 0.6 is 0 Å². The fourth-order valence-electron chi connectivity index (χ4n) is 9.64. The predicted octanol–water partition coefficient (Wildman–Crippen LogP) is 5.28. The fourth-order valence-corrected chi connectivity index (χ4v) is 9.64. The maximum atomic E-state index is 14.8. The smallest absolute Gasteiger partial charge is 0.312 e. The number of hydrogen-bond acceptors (Lipinski definition) is 14. The highest BCUT2D eigenvalue weighted by molar-refractivity contribution is 6.19. The van der Waals surface area contributed by atoms with Gasteiger partial charge in [0.15, 0.2) is 11.4 Å². The van der Waals surface area contributed by atoms with Crippen LogP contribution in [0.3, 0.4) is 0 Å². The monoisotopic (exact) mass is 860 g/mol. The van der Waals surface area contributed by atoms with Crippen molar-refractivity contribution in [2.75, 3.05) is 25.5 Å². The van der Waals surface area contributed by atoms with Gasteiger partial charge in [0.1, 0.15) is 28.6 Å². The maximum absolute atomic E-state index is 14.8. The van der Waals surface area contributed by atoms with E-state index in [2.05, 4.69) is 24.1 Å². The van der Waals surface area contributed by atoms with Gasteiger partial charge < -0.3 is 49.6 Å². The molecular formula is C47H64N4O11. The van der Waals surface area contributed by atoms with Gasteiger partial charge in [-0.05, 0) is 32.8 Å². The number of benzene rings is 2. The van der Waals surface area contributed by atoms with E-state index in [1.54, 1.807) is 65.8 Å². The summed E-state index contributed by atoms with van der Waals surface area (Å²) in [5.41, 5.74) is -0.570. The second kappa shape index (κ2) is 18.1. The molecule has 2 aromatic carbocycles. The number of ether oxygens (including phenoxy) is 4. The Hall–Kier alpha value is -4.83. The molecule has 6 rings (SSSR count). The summed E-state index contributed by atoms with van der Waals surface area (Å²) < 4.78 is 24.0. The number of aromatic hydroxyl groups is 2. The maximum Gasteiger partial charge on any atom is 0.312 e. The summed E-state index contributed by atoms with van der Waals surface area (Å²) in [4.78, 5) is 53.9. The predicted molar refractivity (Wildman–Crippen MR) is 232 cm³/mol. The van der Waals surface area contributed by atoms with Crippen LogP contribution in [-0.2, 0) is 23.8 Å². The number of Topliss-reactive ketones (excluding diaryl/α,β-unsaturated/α-hetero) is 1. The van der Waals surface area contributed by atoms with Crippen molar-refractivity contribution in [2.24, 2.45) is 33.7 Å². The zero-order chi connectivity index (χ0) is 45.6. The first-order chi connectivity index (χ1) is 29.2. The van der Waals surface area contributed by atoms with E-state index < -0.39 is 82.9 Å². The molecule has 338 valence electrons. The van der Waals surface area contributed by atoms with Gasteiger partial charge >= 0.3 is 11.8 Å². The number of nitrogens with one attached hydrogen (secondary N) is 1. The Kier molecular flexibility index (Phi) is 13.6. The molecule has 5 N–H and O–H groups in total. The second-order valence-electron chi connectivity index (χ2n) is 17.8. The number of methoxy groups -OCH3 is 1. The first-order valence-electron chi connectivity index (χ1n) is 21.8. The van der Waals surface area contributed by atoms with E-state index in [9.17, 15) is 34.8 Å². The molecule has 15 heteroatoms. The Labute approximate surface area is 363 Å². The van der Waals surface area contributed by atoms with E-state index >= 15 is 0 Å². The molecule has 1 spiro atoms. The van der Waals surface area contributed by atoms with E-state index in [0.717, 1.165) is 12.8 Å². The van der Waals surface area contributed by atoms with E-state index in [0.29, 0.717) is 32.0 Å². The number of allylic oxidation sites excluding steroid dienone is 2. The van der Waals surface area contributed by atoms with Crippen LogP contribution in [0.25, 0.3) is 10.8 Å². The zero-order valence-corrected chi connectivity index (χ0v) is 37.8. The summed E-state index contributed by atoms with van der Waals surface area (Å²) in [5, 5.41) is 50.3. The first-order valence-corrected chi connectivity index (χ1v) is 21.8. The Morgan fingerprint density at radius 1 is 0.952 bits per heavy atom. The number of amides is 1. The lowest BCUT2D eigenvalue weighted by Gasteiger charge is -2.39. The van der Waals surface area contributed by atoms with Gasteiger partial charge in [-0.3, -0.25) is 24.4 Å². The highest BCUT2D eigenvalue weighted by Gasteiger charge is 2.50. The molecule has 4 aliphatic heterocycles. The SMILES string of the molecule is CCC(CC)N1CCC2(CC1)N=c1c3c(O)c4c(O)c(C)c5c(c4c1=N2)C(=O)[C@@](C)(O/C=C\[C@H](OC)[C@H](C)[C@H](OC(C)=O)[C@H](C)[C@H](O)[C@H](C)[C@@H](O)[C@@H](C)/C=C\C=C(/C)C(=O)N3)O5. The van der Waals surface area contributed by atoms with Gasteiger partial charge in [-0.15, -0.1) is 0 Å². The number of fused-ring (bicyclic) bond motifs is 1. The van der Waals surface area contributed by atoms with Crippen LogP contribution in [0.4, 0.5) is 5.69 Å². The van der Waals surface area contributed by atoms with E-state index in [1.807, 2.05) is 0 Å². The molecule has 15 nitrogen and oxygen atoms in total. The third-order valence-electron chi connectivity index (χ3n) is 13.7. The zero-order valence-electron chi connectivity index (χ0n) is 37.8. The van der Waals surface area contributed by atoms with Crippen molar-refractivity contribution < 1.29 is 53.8 Å². The number of aliphatic hydroxyl groups excluding tert-OH is 2. The van der Waals surface area contributed by atoms with Crippen LogP contribution in [0.2, 0.25) is 0 Å². The van der Waals surface area contributed by atoms with Crippen molar-refractivity contribution in [1.82, 2.24) is 4.90 Å². The molecule has 1 amide bonds. The number of carbonyl (C=O) groups is 3. The topological polar surface area (TPSA) is 209 Å². The lowest BCUT2D eigenvalue weighted by atomic mass is 9.78. The third kappa shape index (κ3) is 8.36. The fraction of sp³-hybridized carbons (Fsp3) is 0.596. The number of piperidine rings is 1. The van der Waals surface area contributed by atoms with Gasteiger partial charge in [0.2, 0.25) is 0 Å². The van der Waals surface area contributed by atoms with Crippen molar-refractivity contribution >= 4 is 34.1 Å². The van der Waals surface area contributed by atoms with E-state index in [1.165, 1.54) is 27.2 Å². The molecule has 9 atom stereocenters. The number of rotatable bonds is 5. The number of carbonyl (C=O) groups excluding carboxylic acids is 3. The van der Waals surface area contributed by atoms with Gasteiger partial charge in [-0.25, -0.2) is 0 Å². The van der Waals surface area contributed by atoms with Gasteiger partial charge in [-0.1, -0.05) is 59.8 Å². The summed E-state index contributed by atoms with van der Waals surface area (Å²) in [6.07, 6.45) is 7.05. The van der Waals surface area contributed by atoms with Gasteiger partial charge in [0.25, 0.3) is 11.7 Å². The van der Waals surface area contributed by atoms with Gasteiger partial charge in [0, 0.05) is 93.1 Å². The van der Waals surface area contributed by atoms with Crippen molar-refractivity contribution in [3.8, 4) is 17.2 Å². The molecule has 0 saturated carbocycles. The van der Waals surface area contributed by atoms with Crippen LogP contribution in [-0.4, -0.2) is 105 Å². The van der Waals surface area contributed by atoms with E-state index in [4.69, 9.17) is 28.9 Å². The minimum Gasteiger partial charge on any atom is -0.507 e. The molecule has 0 aromatic heterocycles. The summed E-state index contributed by atoms with van der Waals surface area (Å²) in [6.45, 7) is 18.7. The number of esters is 1. The number of phenols is 2. The Bertz CT molecular complexity index is 2310. The third-order valence-corrected chi connectivity index (χ3v) is 13.7. The van der Waals surface area contributed by atoms with Crippen molar-refractivity contribution in [3.05, 3.63) is 58.0 Å². The molecule has 0 unspecified atom stereocenters. The minimum absolute atomic E-state index is 0.0385. The standard InChI is InChI=1S/C47H64N4O11/c1-12-30(13-2)51-20-18-47(19-21-51)49-35-32-33-40(55)28(8)43-34(32)44(57)46(10,62-43)60-22-17-31(59-11)25(5)42(61-29(9)52)27(7)39(54)26(6)38(53)23(3)15-14-16-24(4)45(58)48-37(41(33)56)36(35)50-47/h14-17,22-23,25-27,30-31,38-39,42,53-56H,12-13,18-21H2,1-11H3,(H,48,58)/b15-14-,22-17-,24-16+/t23-,25-,26+,27+,31-,38-,39+,42-,46-/m0/s1. The van der Waals surface area contributed by atoms with Crippen LogP contribution < -0.4 is 20.8 Å². The average Bonchev–Trinajstić information content (AvgIpc) is 3.74. The molecule has 0 radical (unpaired) electrons. The molecule has 0 aliphatic carbocycles. The number of aliphatic hydroxyl groups is 2. The number of hydrogen-bond donors (Lipinski definition) is 5. The lowest BCUT2D eigenvalue weighted by Crippen LogP contribution is -2.46. The molecule has 62 heavy (non-hydrogen) atoms. The lowest BCUT2D eigenvalue weighted by molar-refractivity contribution is -0.160. The summed E-state index contributed by atoms with van der Waals surface area (Å²) in [5.74, 6) is -6.90. The molecule has 4 heterocycles. The Morgan fingerprint density at radius 2 is 1.60 bits per heavy atom. The molecule has 1 saturated heterocycles. The molecular weight excluding hydrogens is 797 g/mol. The minimum atomic E-state index is -1.96. The van der Waals surface area contributed by atoms with Gasteiger partial charge in [0.05, 0.1) is 40.9 Å². The highest BCUT2D eigenvalue weighted by Crippen LogP contribution is 2.50. The summed E-state index contributed by atoms with van der Waals surface area (Å²) >= 11 is 0. The first kappa shape index (κ1) is 46.7. The largest absolute Gasteiger partial charge is 0.507 e. The number of anilines is 1. The Morgan fingerprint density at radius 3 is 2.21 bits per heavy atom. The molecule has 4 bridgehead atoms. The van der Waals surface area contributed by atoms with Crippen LogP contribution in [0.1, 0.15) is 104 Å². The normalized spacial score (nSPS) is 32.3. The van der Waals surface area contributed by atoms with Crippen LogP contribution in [0.5, 0.6) is 17.2 Å². The number of phenolic OH excluding ortho intramolecular Hbond substituents is 2. The summed E-state index contributed by atoms with van der Waals surface area (Å²) in [7, 11) is 1.47. The quantitative estimate of drug-likeness (QED) is 0.192. The van der Waals surface area contributed by atoms with Crippen molar-refractivity contribution in [3.63, 3.8) is 0 Å². The van der Waals surface area contributed by atoms with Crippen molar-refractivity contribution in [1.29, 1.82) is 0 Å². The number of nitrogens with zero attached hydrogens (tertiary/aromatic N) is 3.